The summed E-state index contributed by atoms with van der Waals surface area (Å²) in [6.45, 7) is 0.480. The van der Waals surface area contributed by atoms with Crippen molar-refractivity contribution in [2.75, 3.05) is 6.54 Å². The number of hydrogen-bond donors (Lipinski definition) is 3. The Hall–Kier alpha value is -2.34. The third-order valence-electron chi connectivity index (χ3n) is 3.68. The lowest BCUT2D eigenvalue weighted by molar-refractivity contribution is -0.141. The summed E-state index contributed by atoms with van der Waals surface area (Å²) in [7, 11) is 0. The molecule has 2 atom stereocenters. The van der Waals surface area contributed by atoms with Gasteiger partial charge in [-0.3, -0.25) is 9.36 Å². The van der Waals surface area contributed by atoms with E-state index < -0.39 is 5.97 Å². The number of carboxylic acids is 1. The van der Waals surface area contributed by atoms with E-state index in [1.165, 1.54) is 4.57 Å². The smallest absolute Gasteiger partial charge is 0.330 e. The van der Waals surface area contributed by atoms with Crippen molar-refractivity contribution in [1.82, 2.24) is 14.9 Å². The van der Waals surface area contributed by atoms with E-state index in [1.807, 2.05) is 24.3 Å². The van der Waals surface area contributed by atoms with Gasteiger partial charge in [-0.05, 0) is 24.1 Å². The van der Waals surface area contributed by atoms with Crippen LogP contribution in [-0.4, -0.2) is 27.2 Å². The number of rotatable bonds is 3. The molecule has 0 bridgehead atoms. The molecule has 1 aromatic heterocycles. The van der Waals surface area contributed by atoms with Gasteiger partial charge in [0.2, 0.25) is 0 Å². The lowest BCUT2D eigenvalue weighted by Crippen LogP contribution is -2.17. The fourth-order valence-electron chi connectivity index (χ4n) is 2.59. The van der Waals surface area contributed by atoms with Gasteiger partial charge < -0.3 is 15.4 Å². The SMILES string of the molecule is O=C(O)C1CNC(c2cccc(-n3cc[nH]c3=O)c2)C1. The summed E-state index contributed by atoms with van der Waals surface area (Å²) in [5.41, 5.74) is 1.58. The molecule has 0 aliphatic carbocycles. The quantitative estimate of drug-likeness (QED) is 0.775. The van der Waals surface area contributed by atoms with Crippen molar-refractivity contribution < 1.29 is 9.90 Å². The van der Waals surface area contributed by atoms with Crippen molar-refractivity contribution in [1.29, 1.82) is 0 Å². The van der Waals surface area contributed by atoms with Crippen molar-refractivity contribution in [3.63, 3.8) is 0 Å². The predicted octanol–water partition coefficient (Wildman–Crippen LogP) is 0.901. The molecule has 6 heteroatoms. The van der Waals surface area contributed by atoms with Crippen LogP contribution in [0.15, 0.2) is 41.5 Å². The van der Waals surface area contributed by atoms with Gasteiger partial charge in [0.25, 0.3) is 0 Å². The van der Waals surface area contributed by atoms with Gasteiger partial charge in [0.15, 0.2) is 0 Å². The van der Waals surface area contributed by atoms with E-state index >= 15 is 0 Å². The summed E-state index contributed by atoms with van der Waals surface area (Å²) in [4.78, 5) is 25.2. The number of nitrogens with one attached hydrogen (secondary N) is 2. The molecule has 20 heavy (non-hydrogen) atoms. The fourth-order valence-corrected chi connectivity index (χ4v) is 2.59. The fraction of sp³-hybridized carbons (Fsp3) is 0.286. The average Bonchev–Trinajstić information content (AvgIpc) is 3.07. The number of nitrogens with zero attached hydrogens (tertiary/aromatic N) is 1. The van der Waals surface area contributed by atoms with Crippen LogP contribution in [-0.2, 0) is 4.79 Å². The molecule has 1 fully saturated rings. The van der Waals surface area contributed by atoms with Crippen LogP contribution in [0.3, 0.4) is 0 Å². The van der Waals surface area contributed by atoms with Crippen LogP contribution in [0, 0.1) is 5.92 Å². The van der Waals surface area contributed by atoms with Crippen LogP contribution < -0.4 is 11.0 Å². The van der Waals surface area contributed by atoms with E-state index in [1.54, 1.807) is 12.4 Å². The number of aromatic amines is 1. The van der Waals surface area contributed by atoms with Gasteiger partial charge in [0.05, 0.1) is 11.6 Å². The first-order chi connectivity index (χ1) is 9.65. The van der Waals surface area contributed by atoms with E-state index in [2.05, 4.69) is 10.3 Å². The Bertz CT molecular complexity index is 689. The third kappa shape index (κ3) is 2.25. The second-order valence-electron chi connectivity index (χ2n) is 4.96. The van der Waals surface area contributed by atoms with Gasteiger partial charge >= 0.3 is 11.7 Å². The number of H-pyrrole nitrogens is 1. The standard InChI is InChI=1S/C14H15N3O3/c18-13(19)10-7-12(16-8-10)9-2-1-3-11(6-9)17-5-4-15-14(17)20/h1-6,10,12,16H,7-8H2,(H,15,20)(H,18,19). The van der Waals surface area contributed by atoms with E-state index in [4.69, 9.17) is 5.11 Å². The van der Waals surface area contributed by atoms with Crippen molar-refractivity contribution >= 4 is 5.97 Å². The molecular formula is C14H15N3O3. The van der Waals surface area contributed by atoms with E-state index in [0.29, 0.717) is 13.0 Å². The van der Waals surface area contributed by atoms with Crippen molar-refractivity contribution in [3.8, 4) is 5.69 Å². The Morgan fingerprint density at radius 3 is 2.90 bits per heavy atom. The van der Waals surface area contributed by atoms with Gasteiger partial charge in [-0.25, -0.2) is 4.79 Å². The van der Waals surface area contributed by atoms with Gasteiger partial charge in [0, 0.05) is 25.0 Å². The Kier molecular flexibility index (Phi) is 3.15. The third-order valence-corrected chi connectivity index (χ3v) is 3.68. The zero-order valence-electron chi connectivity index (χ0n) is 10.7. The average molecular weight is 273 g/mol. The number of aromatic nitrogens is 2. The number of imidazole rings is 1. The lowest BCUT2D eigenvalue weighted by Gasteiger charge is -2.12. The number of aliphatic carboxylic acids is 1. The zero-order chi connectivity index (χ0) is 14.1. The van der Waals surface area contributed by atoms with Crippen LogP contribution in [0.2, 0.25) is 0 Å². The molecule has 1 aliphatic rings. The molecular weight excluding hydrogens is 258 g/mol. The van der Waals surface area contributed by atoms with Crippen molar-refractivity contribution in [2.45, 2.75) is 12.5 Å². The zero-order valence-corrected chi connectivity index (χ0v) is 10.7. The molecule has 3 rings (SSSR count). The predicted molar refractivity (Wildman–Crippen MR) is 72.9 cm³/mol. The van der Waals surface area contributed by atoms with E-state index in [9.17, 15) is 9.59 Å². The molecule has 0 amide bonds. The van der Waals surface area contributed by atoms with Crippen LogP contribution in [0.1, 0.15) is 18.0 Å². The molecule has 1 aliphatic heterocycles. The van der Waals surface area contributed by atoms with Crippen molar-refractivity contribution in [2.24, 2.45) is 5.92 Å². The minimum Gasteiger partial charge on any atom is -0.481 e. The highest BCUT2D eigenvalue weighted by Gasteiger charge is 2.30. The topological polar surface area (TPSA) is 87.1 Å². The molecule has 2 aromatic rings. The second-order valence-corrected chi connectivity index (χ2v) is 4.96. The number of hydrogen-bond acceptors (Lipinski definition) is 3. The first kappa shape index (κ1) is 12.7. The minimum absolute atomic E-state index is 0.0192. The minimum atomic E-state index is -0.766. The number of carboxylic acid groups (broad SMARTS) is 1. The highest BCUT2D eigenvalue weighted by atomic mass is 16.4. The largest absolute Gasteiger partial charge is 0.481 e. The van der Waals surface area contributed by atoms with Crippen LogP contribution in [0.5, 0.6) is 0 Å². The summed E-state index contributed by atoms with van der Waals surface area (Å²) in [6.07, 6.45) is 3.83. The Labute approximate surface area is 115 Å². The summed E-state index contributed by atoms with van der Waals surface area (Å²) in [5.74, 6) is -1.11. The monoisotopic (exact) mass is 273 g/mol. The number of benzene rings is 1. The molecule has 2 unspecified atom stereocenters. The highest BCUT2D eigenvalue weighted by molar-refractivity contribution is 5.70. The van der Waals surface area contributed by atoms with Crippen LogP contribution in [0.25, 0.3) is 5.69 Å². The summed E-state index contributed by atoms with van der Waals surface area (Å²) < 4.78 is 1.52. The van der Waals surface area contributed by atoms with Gasteiger partial charge in [0.1, 0.15) is 0 Å². The lowest BCUT2D eigenvalue weighted by atomic mass is 10.00. The first-order valence-corrected chi connectivity index (χ1v) is 6.47. The Morgan fingerprint density at radius 1 is 1.40 bits per heavy atom. The number of carbonyl (C=O) groups is 1. The maximum absolute atomic E-state index is 11.6. The molecule has 0 saturated carbocycles. The summed E-state index contributed by atoms with van der Waals surface area (Å²) in [6, 6.07) is 7.60. The summed E-state index contributed by atoms with van der Waals surface area (Å²) in [5, 5.41) is 12.2. The maximum Gasteiger partial charge on any atom is 0.330 e. The highest BCUT2D eigenvalue weighted by Crippen LogP contribution is 2.28. The van der Waals surface area contributed by atoms with Crippen LogP contribution >= 0.6 is 0 Å². The van der Waals surface area contributed by atoms with E-state index in [0.717, 1.165) is 11.3 Å². The van der Waals surface area contributed by atoms with Crippen molar-refractivity contribution in [3.05, 3.63) is 52.7 Å². The van der Waals surface area contributed by atoms with Crippen LogP contribution in [0.4, 0.5) is 0 Å². The van der Waals surface area contributed by atoms with Gasteiger partial charge in [-0.2, -0.15) is 0 Å². The molecule has 0 radical (unpaired) electrons. The second kappa shape index (κ2) is 4.97. The Balaban J connectivity index is 1.88. The molecule has 2 heterocycles. The molecule has 0 spiro atoms. The molecule has 1 saturated heterocycles. The molecule has 1 aromatic carbocycles. The molecule has 6 nitrogen and oxygen atoms in total. The Morgan fingerprint density at radius 2 is 2.25 bits per heavy atom. The summed E-state index contributed by atoms with van der Waals surface area (Å²) >= 11 is 0. The normalized spacial score (nSPS) is 22.0. The molecule has 3 N–H and O–H groups in total. The van der Waals surface area contributed by atoms with Gasteiger partial charge in [-0.15, -0.1) is 0 Å². The van der Waals surface area contributed by atoms with Gasteiger partial charge in [-0.1, -0.05) is 12.1 Å². The van der Waals surface area contributed by atoms with E-state index in [-0.39, 0.29) is 17.6 Å². The first-order valence-electron chi connectivity index (χ1n) is 6.47. The maximum atomic E-state index is 11.6. The molecule has 104 valence electrons.